The van der Waals surface area contributed by atoms with Crippen LogP contribution in [0.3, 0.4) is 0 Å². The van der Waals surface area contributed by atoms with Crippen LogP contribution >= 0.6 is 11.6 Å². The van der Waals surface area contributed by atoms with E-state index in [9.17, 15) is 9.90 Å². The first-order valence-corrected chi connectivity index (χ1v) is 5.01. The number of hydrogen-bond donors (Lipinski definition) is 1. The average Bonchev–Trinajstić information content (AvgIpc) is 2.03. The molecular weight excluding hydrogens is 190 g/mol. The quantitative estimate of drug-likeness (QED) is 0.649. The van der Waals surface area contributed by atoms with Crippen LogP contribution in [0.15, 0.2) is 0 Å². The number of alkyl halides is 1. The molecule has 1 aliphatic heterocycles. The van der Waals surface area contributed by atoms with Crippen molar-refractivity contribution in [2.45, 2.75) is 37.7 Å². The van der Waals surface area contributed by atoms with Gasteiger partial charge in [0.15, 0.2) is 0 Å². The Hall–Kier alpha value is -0.280. The molecule has 1 unspecified atom stereocenters. The second kappa shape index (κ2) is 3.84. The molecule has 1 amide bonds. The van der Waals surface area contributed by atoms with Crippen LogP contribution in [0.1, 0.15) is 26.7 Å². The van der Waals surface area contributed by atoms with Crippen LogP contribution in [-0.2, 0) is 4.79 Å². The number of halogens is 1. The fourth-order valence-electron chi connectivity index (χ4n) is 1.46. The van der Waals surface area contributed by atoms with Gasteiger partial charge in [-0.25, -0.2) is 0 Å². The number of hydrogen-bond acceptors (Lipinski definition) is 2. The van der Waals surface area contributed by atoms with Crippen LogP contribution in [0.25, 0.3) is 0 Å². The summed E-state index contributed by atoms with van der Waals surface area (Å²) in [7, 11) is 0. The Morgan fingerprint density at radius 3 is 2.38 bits per heavy atom. The second-order valence-electron chi connectivity index (χ2n) is 3.94. The van der Waals surface area contributed by atoms with Crippen LogP contribution < -0.4 is 0 Å². The largest absolute Gasteiger partial charge is 0.390 e. The van der Waals surface area contributed by atoms with Crippen molar-refractivity contribution in [3.8, 4) is 0 Å². The highest BCUT2D eigenvalue weighted by Gasteiger charge is 2.30. The summed E-state index contributed by atoms with van der Waals surface area (Å²) in [6.45, 7) is 4.71. The van der Waals surface area contributed by atoms with Crippen LogP contribution in [0.5, 0.6) is 0 Å². The molecule has 0 aliphatic carbocycles. The zero-order valence-corrected chi connectivity index (χ0v) is 8.84. The molecule has 0 aromatic carbocycles. The van der Waals surface area contributed by atoms with E-state index in [1.54, 1.807) is 18.7 Å². The first-order valence-electron chi connectivity index (χ1n) is 4.58. The highest BCUT2D eigenvalue weighted by Crippen LogP contribution is 2.21. The van der Waals surface area contributed by atoms with E-state index in [1.807, 2.05) is 0 Å². The summed E-state index contributed by atoms with van der Waals surface area (Å²) in [5, 5.41) is 9.19. The number of amides is 1. The number of carbonyl (C=O) groups excluding carboxylic acids is 1. The van der Waals surface area contributed by atoms with E-state index in [0.717, 1.165) is 0 Å². The molecule has 0 saturated carbocycles. The molecule has 1 fully saturated rings. The minimum Gasteiger partial charge on any atom is -0.390 e. The molecule has 13 heavy (non-hydrogen) atoms. The maximum Gasteiger partial charge on any atom is 0.240 e. The molecule has 1 heterocycles. The third kappa shape index (κ3) is 2.85. The van der Waals surface area contributed by atoms with Gasteiger partial charge in [-0.3, -0.25) is 4.79 Å². The molecule has 0 aromatic heterocycles. The highest BCUT2D eigenvalue weighted by atomic mass is 35.5. The van der Waals surface area contributed by atoms with E-state index in [0.29, 0.717) is 25.9 Å². The molecule has 4 heteroatoms. The van der Waals surface area contributed by atoms with Crippen molar-refractivity contribution >= 4 is 17.5 Å². The number of aliphatic hydroxyl groups is 1. The van der Waals surface area contributed by atoms with Crippen molar-refractivity contribution in [1.82, 2.24) is 4.90 Å². The van der Waals surface area contributed by atoms with Gasteiger partial charge in [-0.05, 0) is 26.7 Å². The first-order chi connectivity index (χ1) is 5.92. The van der Waals surface area contributed by atoms with Crippen molar-refractivity contribution < 1.29 is 9.90 Å². The van der Waals surface area contributed by atoms with Gasteiger partial charge >= 0.3 is 0 Å². The molecule has 76 valence electrons. The van der Waals surface area contributed by atoms with Gasteiger partial charge in [-0.15, -0.1) is 11.6 Å². The molecule has 0 bridgehead atoms. The Kier molecular flexibility index (Phi) is 3.19. The Balaban J connectivity index is 2.46. The fourth-order valence-corrected chi connectivity index (χ4v) is 1.60. The topological polar surface area (TPSA) is 40.5 Å². The highest BCUT2D eigenvalue weighted by molar-refractivity contribution is 6.30. The fraction of sp³-hybridized carbons (Fsp3) is 0.889. The lowest BCUT2D eigenvalue weighted by Gasteiger charge is -2.36. The molecule has 1 rings (SSSR count). The minimum absolute atomic E-state index is 0.0304. The SMILES string of the molecule is CC(Cl)C(=O)N1CCC(C)(O)CC1. The number of piperidine rings is 1. The summed E-state index contributed by atoms with van der Waals surface area (Å²) >= 11 is 5.68. The summed E-state index contributed by atoms with van der Waals surface area (Å²) in [4.78, 5) is 13.1. The van der Waals surface area contributed by atoms with E-state index >= 15 is 0 Å². The normalized spacial score (nSPS) is 24.2. The molecule has 1 N–H and O–H groups in total. The lowest BCUT2D eigenvalue weighted by molar-refractivity contribution is -0.134. The maximum atomic E-state index is 11.4. The number of rotatable bonds is 1. The number of likely N-dealkylation sites (tertiary alicyclic amines) is 1. The number of nitrogens with zero attached hydrogens (tertiary/aromatic N) is 1. The van der Waals surface area contributed by atoms with E-state index in [4.69, 9.17) is 11.6 Å². The van der Waals surface area contributed by atoms with Gasteiger partial charge in [0.05, 0.1) is 5.60 Å². The van der Waals surface area contributed by atoms with Crippen molar-refractivity contribution in [2.75, 3.05) is 13.1 Å². The first kappa shape index (κ1) is 10.8. The molecule has 1 saturated heterocycles. The van der Waals surface area contributed by atoms with Gasteiger partial charge in [0.25, 0.3) is 0 Å². The summed E-state index contributed by atoms with van der Waals surface area (Å²) in [6.07, 6.45) is 1.28. The van der Waals surface area contributed by atoms with Crippen LogP contribution in [0, 0.1) is 0 Å². The van der Waals surface area contributed by atoms with Gasteiger partial charge in [0.1, 0.15) is 5.38 Å². The third-order valence-corrected chi connectivity index (χ3v) is 2.68. The monoisotopic (exact) mass is 205 g/mol. The summed E-state index contributed by atoms with van der Waals surface area (Å²) in [5.41, 5.74) is -0.605. The molecule has 1 aliphatic rings. The van der Waals surface area contributed by atoms with Crippen molar-refractivity contribution in [3.05, 3.63) is 0 Å². The van der Waals surface area contributed by atoms with Crippen LogP contribution in [0.2, 0.25) is 0 Å². The Bertz CT molecular complexity index is 194. The average molecular weight is 206 g/mol. The zero-order chi connectivity index (χ0) is 10.1. The van der Waals surface area contributed by atoms with E-state index in [1.165, 1.54) is 0 Å². The van der Waals surface area contributed by atoms with Gasteiger partial charge in [0, 0.05) is 13.1 Å². The van der Waals surface area contributed by atoms with Gasteiger partial charge in [-0.1, -0.05) is 0 Å². The smallest absolute Gasteiger partial charge is 0.240 e. The Morgan fingerprint density at radius 1 is 1.54 bits per heavy atom. The minimum atomic E-state index is -0.605. The van der Waals surface area contributed by atoms with E-state index in [2.05, 4.69) is 0 Å². The zero-order valence-electron chi connectivity index (χ0n) is 8.09. The molecule has 0 spiro atoms. The van der Waals surface area contributed by atoms with E-state index < -0.39 is 11.0 Å². The lowest BCUT2D eigenvalue weighted by Crippen LogP contribution is -2.47. The molecule has 0 radical (unpaired) electrons. The number of carbonyl (C=O) groups is 1. The van der Waals surface area contributed by atoms with Crippen molar-refractivity contribution in [1.29, 1.82) is 0 Å². The van der Waals surface area contributed by atoms with Crippen LogP contribution in [-0.4, -0.2) is 40.0 Å². The second-order valence-corrected chi connectivity index (χ2v) is 4.59. The van der Waals surface area contributed by atoms with Crippen LogP contribution in [0.4, 0.5) is 0 Å². The van der Waals surface area contributed by atoms with Gasteiger partial charge in [0.2, 0.25) is 5.91 Å². The van der Waals surface area contributed by atoms with Gasteiger partial charge < -0.3 is 10.0 Å². The third-order valence-electron chi connectivity index (χ3n) is 2.49. The predicted octanol–water partition coefficient (Wildman–Crippen LogP) is 0.987. The molecule has 0 aromatic rings. The van der Waals surface area contributed by atoms with Crippen molar-refractivity contribution in [3.63, 3.8) is 0 Å². The summed E-state index contributed by atoms with van der Waals surface area (Å²) in [6, 6.07) is 0. The molecular formula is C9H16ClNO2. The summed E-state index contributed by atoms with van der Waals surface area (Å²) in [5.74, 6) is -0.0304. The van der Waals surface area contributed by atoms with Crippen molar-refractivity contribution in [2.24, 2.45) is 0 Å². The Morgan fingerprint density at radius 2 is 2.00 bits per heavy atom. The summed E-state index contributed by atoms with van der Waals surface area (Å²) < 4.78 is 0. The molecule has 1 atom stereocenters. The lowest BCUT2D eigenvalue weighted by atomic mass is 9.94. The van der Waals surface area contributed by atoms with Gasteiger partial charge in [-0.2, -0.15) is 0 Å². The predicted molar refractivity (Wildman–Crippen MR) is 51.8 cm³/mol. The van der Waals surface area contributed by atoms with E-state index in [-0.39, 0.29) is 5.91 Å². The maximum absolute atomic E-state index is 11.4. The Labute approximate surface area is 83.7 Å². The standard InChI is InChI=1S/C9H16ClNO2/c1-7(10)8(12)11-5-3-9(2,13)4-6-11/h7,13H,3-6H2,1-2H3. The molecule has 3 nitrogen and oxygen atoms in total.